The minimum absolute atomic E-state index is 0.0267. The van der Waals surface area contributed by atoms with Gasteiger partial charge in [0.15, 0.2) is 5.78 Å². The first kappa shape index (κ1) is 11.1. The monoisotopic (exact) mass is 196 g/mol. The second kappa shape index (κ2) is 4.07. The molecule has 0 heterocycles. The molecule has 1 aliphatic carbocycles. The number of hydrogen-bond donors (Lipinski definition) is 1. The van der Waals surface area contributed by atoms with Gasteiger partial charge in [0, 0.05) is 12.3 Å². The zero-order valence-corrected chi connectivity index (χ0v) is 8.62. The van der Waals surface area contributed by atoms with Crippen LogP contribution >= 0.6 is 0 Å². The van der Waals surface area contributed by atoms with Crippen LogP contribution < -0.4 is 0 Å². The predicted octanol–water partition coefficient (Wildman–Crippen LogP) is 2.35. The summed E-state index contributed by atoms with van der Waals surface area (Å²) >= 11 is 0. The topological polar surface area (TPSA) is 46.5 Å². The van der Waals surface area contributed by atoms with Gasteiger partial charge in [-0.05, 0) is 25.8 Å². The van der Waals surface area contributed by atoms with E-state index in [9.17, 15) is 4.79 Å². The van der Waals surface area contributed by atoms with Gasteiger partial charge in [-0.1, -0.05) is 12.2 Å². The quantitative estimate of drug-likeness (QED) is 0.428. The predicted molar refractivity (Wildman–Crippen MR) is 53.8 cm³/mol. The van der Waals surface area contributed by atoms with Crippen molar-refractivity contribution in [1.82, 2.24) is 0 Å². The summed E-state index contributed by atoms with van der Waals surface area (Å²) in [7, 11) is 0. The molecule has 1 aliphatic rings. The Morgan fingerprint density at radius 2 is 2.43 bits per heavy atom. The third kappa shape index (κ3) is 1.94. The number of hydrogen-bond acceptors (Lipinski definition) is 3. The molecule has 0 aromatic rings. The molecule has 3 heteroatoms. The lowest BCUT2D eigenvalue weighted by molar-refractivity contribution is -0.315. The van der Waals surface area contributed by atoms with Crippen LogP contribution in [0.2, 0.25) is 0 Å². The van der Waals surface area contributed by atoms with Crippen molar-refractivity contribution in [1.29, 1.82) is 0 Å². The molecule has 0 amide bonds. The second-order valence-electron chi connectivity index (χ2n) is 3.93. The van der Waals surface area contributed by atoms with E-state index in [2.05, 4.69) is 11.5 Å². The summed E-state index contributed by atoms with van der Waals surface area (Å²) in [6, 6.07) is 0. The summed E-state index contributed by atoms with van der Waals surface area (Å²) in [5, 5.41) is 8.79. The largest absolute Gasteiger partial charge is 0.295 e. The van der Waals surface area contributed by atoms with Crippen LogP contribution in [0.3, 0.4) is 0 Å². The molecule has 0 saturated heterocycles. The Balaban J connectivity index is 2.82. The SMILES string of the molecule is C=CC(C)(OO)[C@H]1CC=C(C)C(=O)C1. The average molecular weight is 196 g/mol. The van der Waals surface area contributed by atoms with Crippen LogP contribution in [0.25, 0.3) is 0 Å². The maximum atomic E-state index is 11.4. The lowest BCUT2D eigenvalue weighted by Gasteiger charge is -2.32. The highest BCUT2D eigenvalue weighted by atomic mass is 17.1. The summed E-state index contributed by atoms with van der Waals surface area (Å²) in [5.74, 6) is 0.0903. The van der Waals surface area contributed by atoms with Gasteiger partial charge in [0.05, 0.1) is 0 Å². The third-order valence-electron chi connectivity index (χ3n) is 2.99. The van der Waals surface area contributed by atoms with Crippen LogP contribution in [-0.2, 0) is 9.68 Å². The van der Waals surface area contributed by atoms with Gasteiger partial charge in [-0.25, -0.2) is 4.89 Å². The van der Waals surface area contributed by atoms with Crippen LogP contribution in [-0.4, -0.2) is 16.6 Å². The number of Topliss-reactive ketones (excluding diaryl/α,β-unsaturated/α-hetero) is 1. The summed E-state index contributed by atoms with van der Waals surface area (Å²) in [6.45, 7) is 7.14. The van der Waals surface area contributed by atoms with Gasteiger partial charge in [-0.2, -0.15) is 0 Å². The first-order chi connectivity index (χ1) is 6.53. The van der Waals surface area contributed by atoms with Crippen molar-refractivity contribution in [2.75, 3.05) is 0 Å². The highest BCUT2D eigenvalue weighted by Crippen LogP contribution is 2.33. The van der Waals surface area contributed by atoms with Gasteiger partial charge in [-0.3, -0.25) is 10.1 Å². The van der Waals surface area contributed by atoms with Crippen LogP contribution in [0.5, 0.6) is 0 Å². The van der Waals surface area contributed by atoms with E-state index < -0.39 is 5.60 Å². The molecule has 0 aliphatic heterocycles. The minimum Gasteiger partial charge on any atom is -0.295 e. The number of allylic oxidation sites excluding steroid dienone is 2. The van der Waals surface area contributed by atoms with E-state index in [1.807, 2.05) is 13.0 Å². The van der Waals surface area contributed by atoms with Crippen molar-refractivity contribution in [3.05, 3.63) is 24.3 Å². The van der Waals surface area contributed by atoms with Crippen LogP contribution in [0, 0.1) is 5.92 Å². The maximum Gasteiger partial charge on any atom is 0.158 e. The molecule has 1 rings (SSSR count). The standard InChI is InChI=1S/C11H16O3/c1-4-11(3,14-13)9-6-5-8(2)10(12)7-9/h4-5,9,13H,1,6-7H2,2-3H3/t9-,11?/m0/s1. The summed E-state index contributed by atoms with van der Waals surface area (Å²) in [6.07, 6.45) is 4.57. The Morgan fingerprint density at radius 1 is 1.79 bits per heavy atom. The molecule has 0 saturated carbocycles. The average Bonchev–Trinajstić information content (AvgIpc) is 2.21. The molecule has 0 spiro atoms. The van der Waals surface area contributed by atoms with Crippen molar-refractivity contribution in [2.24, 2.45) is 5.92 Å². The summed E-state index contributed by atoms with van der Waals surface area (Å²) in [4.78, 5) is 15.9. The maximum absolute atomic E-state index is 11.4. The smallest absolute Gasteiger partial charge is 0.158 e. The molecule has 0 aromatic carbocycles. The van der Waals surface area contributed by atoms with Crippen molar-refractivity contribution in [3.8, 4) is 0 Å². The van der Waals surface area contributed by atoms with E-state index in [4.69, 9.17) is 5.26 Å². The highest BCUT2D eigenvalue weighted by molar-refractivity contribution is 5.95. The normalized spacial score (nSPS) is 26.6. The molecule has 2 atom stereocenters. The van der Waals surface area contributed by atoms with Crippen LogP contribution in [0.4, 0.5) is 0 Å². The fourth-order valence-electron chi connectivity index (χ4n) is 1.62. The Morgan fingerprint density at radius 3 is 2.86 bits per heavy atom. The number of carbonyl (C=O) groups is 1. The van der Waals surface area contributed by atoms with Crippen molar-refractivity contribution in [3.63, 3.8) is 0 Å². The first-order valence-electron chi connectivity index (χ1n) is 4.69. The fourth-order valence-corrected chi connectivity index (χ4v) is 1.62. The van der Waals surface area contributed by atoms with Crippen molar-refractivity contribution >= 4 is 5.78 Å². The number of rotatable bonds is 3. The molecular weight excluding hydrogens is 180 g/mol. The van der Waals surface area contributed by atoms with E-state index >= 15 is 0 Å². The Labute approximate surface area is 84.0 Å². The molecule has 0 fully saturated rings. The van der Waals surface area contributed by atoms with Crippen molar-refractivity contribution < 1.29 is 14.9 Å². The zero-order valence-electron chi connectivity index (χ0n) is 8.62. The Kier molecular flexibility index (Phi) is 3.24. The zero-order chi connectivity index (χ0) is 10.8. The molecule has 14 heavy (non-hydrogen) atoms. The molecular formula is C11H16O3. The van der Waals surface area contributed by atoms with E-state index in [0.29, 0.717) is 6.42 Å². The van der Waals surface area contributed by atoms with Gasteiger partial charge in [0.2, 0.25) is 0 Å². The second-order valence-corrected chi connectivity index (χ2v) is 3.93. The van der Waals surface area contributed by atoms with E-state index in [0.717, 1.165) is 12.0 Å². The van der Waals surface area contributed by atoms with Gasteiger partial charge in [0.1, 0.15) is 5.60 Å². The molecule has 3 nitrogen and oxygen atoms in total. The fraction of sp³-hybridized carbons (Fsp3) is 0.545. The first-order valence-corrected chi connectivity index (χ1v) is 4.69. The Bertz CT molecular complexity index is 280. The lowest BCUT2D eigenvalue weighted by atomic mass is 9.78. The van der Waals surface area contributed by atoms with E-state index in [1.165, 1.54) is 0 Å². The van der Waals surface area contributed by atoms with Gasteiger partial charge in [0.25, 0.3) is 0 Å². The summed E-state index contributed by atoms with van der Waals surface area (Å²) in [5.41, 5.74) is -0.0297. The molecule has 0 radical (unpaired) electrons. The van der Waals surface area contributed by atoms with Crippen molar-refractivity contribution in [2.45, 2.75) is 32.3 Å². The minimum atomic E-state index is -0.827. The van der Waals surface area contributed by atoms with Crippen LogP contribution in [0.15, 0.2) is 24.3 Å². The number of ketones is 1. The van der Waals surface area contributed by atoms with Crippen LogP contribution in [0.1, 0.15) is 26.7 Å². The third-order valence-corrected chi connectivity index (χ3v) is 2.99. The van der Waals surface area contributed by atoms with Gasteiger partial charge < -0.3 is 0 Å². The molecule has 1 unspecified atom stereocenters. The molecule has 1 N–H and O–H groups in total. The van der Waals surface area contributed by atoms with Gasteiger partial charge >= 0.3 is 0 Å². The molecule has 0 bridgehead atoms. The number of carbonyl (C=O) groups excluding carboxylic acids is 1. The Hall–Kier alpha value is -0.930. The van der Waals surface area contributed by atoms with E-state index in [1.54, 1.807) is 13.0 Å². The summed E-state index contributed by atoms with van der Waals surface area (Å²) < 4.78 is 0. The lowest BCUT2D eigenvalue weighted by Crippen LogP contribution is -2.37. The highest BCUT2D eigenvalue weighted by Gasteiger charge is 2.35. The van der Waals surface area contributed by atoms with Gasteiger partial charge in [-0.15, -0.1) is 6.58 Å². The molecule has 0 aromatic heterocycles. The van der Waals surface area contributed by atoms with E-state index in [-0.39, 0.29) is 11.7 Å². The molecule has 78 valence electrons.